The zero-order valence-electron chi connectivity index (χ0n) is 9.72. The minimum atomic E-state index is -3.05. The van der Waals surface area contributed by atoms with Gasteiger partial charge >= 0.3 is 0 Å². The first-order chi connectivity index (χ1) is 7.25. The van der Waals surface area contributed by atoms with Crippen molar-refractivity contribution in [2.24, 2.45) is 5.73 Å². The van der Waals surface area contributed by atoms with E-state index >= 15 is 0 Å². The van der Waals surface area contributed by atoms with Crippen molar-refractivity contribution >= 4 is 9.84 Å². The number of aliphatic hydroxyl groups is 1. The van der Waals surface area contributed by atoms with Gasteiger partial charge < -0.3 is 10.8 Å². The quantitative estimate of drug-likeness (QED) is 0.617. The smallest absolute Gasteiger partial charge is 0.147 e. The SMILES string of the molecule is C=CCC(O)(CC=C)C(N)CCS(C)(=O)=O. The maximum atomic E-state index is 11.0. The molecule has 0 aliphatic carbocycles. The first-order valence-corrected chi connectivity index (χ1v) is 7.18. The largest absolute Gasteiger partial charge is 0.388 e. The molecule has 0 aromatic carbocycles. The monoisotopic (exact) mass is 247 g/mol. The number of rotatable bonds is 8. The lowest BCUT2D eigenvalue weighted by atomic mass is 9.86. The highest BCUT2D eigenvalue weighted by atomic mass is 32.2. The molecule has 0 radical (unpaired) electrons. The summed E-state index contributed by atoms with van der Waals surface area (Å²) in [5.74, 6) is -0.0231. The Balaban J connectivity index is 4.55. The van der Waals surface area contributed by atoms with Gasteiger partial charge in [-0.25, -0.2) is 8.42 Å². The van der Waals surface area contributed by atoms with E-state index < -0.39 is 21.5 Å². The van der Waals surface area contributed by atoms with E-state index in [1.807, 2.05) is 0 Å². The van der Waals surface area contributed by atoms with Crippen molar-refractivity contribution in [2.45, 2.75) is 30.9 Å². The number of sulfone groups is 1. The van der Waals surface area contributed by atoms with E-state index in [1.54, 1.807) is 12.2 Å². The first-order valence-electron chi connectivity index (χ1n) is 5.12. The van der Waals surface area contributed by atoms with Crippen molar-refractivity contribution in [3.63, 3.8) is 0 Å². The summed E-state index contributed by atoms with van der Waals surface area (Å²) in [4.78, 5) is 0. The van der Waals surface area contributed by atoms with Crippen LogP contribution in [0.1, 0.15) is 19.3 Å². The summed E-state index contributed by atoms with van der Waals surface area (Å²) in [6, 6.07) is -0.599. The molecule has 0 saturated heterocycles. The van der Waals surface area contributed by atoms with Gasteiger partial charge in [0.2, 0.25) is 0 Å². The van der Waals surface area contributed by atoms with Crippen molar-refractivity contribution < 1.29 is 13.5 Å². The lowest BCUT2D eigenvalue weighted by Crippen LogP contribution is -2.48. The molecule has 5 heteroatoms. The molecule has 1 unspecified atom stereocenters. The third-order valence-electron chi connectivity index (χ3n) is 2.49. The number of nitrogens with two attached hydrogens (primary N) is 1. The van der Waals surface area contributed by atoms with E-state index in [0.717, 1.165) is 6.26 Å². The Bertz CT molecular complexity index is 325. The van der Waals surface area contributed by atoms with Crippen molar-refractivity contribution in [1.29, 1.82) is 0 Å². The minimum absolute atomic E-state index is 0.0231. The Kier molecular flexibility index (Phi) is 5.92. The van der Waals surface area contributed by atoms with Crippen LogP contribution in [0.4, 0.5) is 0 Å². The Hall–Kier alpha value is -0.650. The summed E-state index contributed by atoms with van der Waals surface area (Å²) in [7, 11) is -3.05. The van der Waals surface area contributed by atoms with Gasteiger partial charge in [0.15, 0.2) is 0 Å². The Labute approximate surface area is 97.8 Å². The van der Waals surface area contributed by atoms with E-state index in [1.165, 1.54) is 0 Å². The summed E-state index contributed by atoms with van der Waals surface area (Å²) >= 11 is 0. The predicted molar refractivity (Wildman–Crippen MR) is 66.9 cm³/mol. The molecule has 3 N–H and O–H groups in total. The lowest BCUT2D eigenvalue weighted by molar-refractivity contribution is 0.0188. The van der Waals surface area contributed by atoms with Crippen LogP contribution in [0.15, 0.2) is 25.3 Å². The third kappa shape index (κ3) is 5.44. The Morgan fingerprint density at radius 3 is 2.12 bits per heavy atom. The fraction of sp³-hybridized carbons (Fsp3) is 0.636. The van der Waals surface area contributed by atoms with Crippen LogP contribution in [0, 0.1) is 0 Å². The predicted octanol–water partition coefficient (Wildman–Crippen LogP) is 0.632. The molecule has 0 heterocycles. The van der Waals surface area contributed by atoms with Crippen molar-refractivity contribution in [3.05, 3.63) is 25.3 Å². The summed E-state index contributed by atoms with van der Waals surface area (Å²) in [6.07, 6.45) is 5.18. The zero-order valence-corrected chi connectivity index (χ0v) is 10.5. The minimum Gasteiger partial charge on any atom is -0.388 e. The molecule has 0 amide bonds. The van der Waals surface area contributed by atoms with Gasteiger partial charge in [0, 0.05) is 12.3 Å². The topological polar surface area (TPSA) is 80.4 Å². The average Bonchev–Trinajstić information content (AvgIpc) is 2.13. The van der Waals surface area contributed by atoms with Crippen LogP contribution < -0.4 is 5.73 Å². The van der Waals surface area contributed by atoms with E-state index in [9.17, 15) is 13.5 Å². The molecule has 16 heavy (non-hydrogen) atoms. The fourth-order valence-electron chi connectivity index (χ4n) is 1.50. The third-order valence-corrected chi connectivity index (χ3v) is 3.46. The maximum Gasteiger partial charge on any atom is 0.147 e. The van der Waals surface area contributed by atoms with Crippen LogP contribution in [0.25, 0.3) is 0 Å². The van der Waals surface area contributed by atoms with Crippen LogP contribution in [0.3, 0.4) is 0 Å². The van der Waals surface area contributed by atoms with Gasteiger partial charge in [0.05, 0.1) is 11.4 Å². The second-order valence-corrected chi connectivity index (χ2v) is 6.37. The van der Waals surface area contributed by atoms with Gasteiger partial charge in [-0.05, 0) is 19.3 Å². The Morgan fingerprint density at radius 1 is 1.38 bits per heavy atom. The molecule has 0 aromatic rings. The second-order valence-electron chi connectivity index (χ2n) is 4.11. The van der Waals surface area contributed by atoms with E-state index in [-0.39, 0.29) is 12.2 Å². The Morgan fingerprint density at radius 2 is 1.81 bits per heavy atom. The van der Waals surface area contributed by atoms with Crippen LogP contribution in [0.2, 0.25) is 0 Å². The van der Waals surface area contributed by atoms with Gasteiger partial charge in [0.25, 0.3) is 0 Å². The highest BCUT2D eigenvalue weighted by Crippen LogP contribution is 2.22. The fourth-order valence-corrected chi connectivity index (χ4v) is 2.18. The van der Waals surface area contributed by atoms with Crippen LogP contribution >= 0.6 is 0 Å². The molecule has 0 aliphatic rings. The van der Waals surface area contributed by atoms with Gasteiger partial charge in [-0.15, -0.1) is 13.2 Å². The molecule has 94 valence electrons. The van der Waals surface area contributed by atoms with Gasteiger partial charge in [-0.1, -0.05) is 12.2 Å². The molecule has 0 fully saturated rings. The van der Waals surface area contributed by atoms with Gasteiger partial charge in [0.1, 0.15) is 9.84 Å². The van der Waals surface area contributed by atoms with Crippen molar-refractivity contribution in [1.82, 2.24) is 0 Å². The molecule has 0 saturated carbocycles. The zero-order chi connectivity index (χ0) is 12.8. The normalized spacial score (nSPS) is 14.4. The molecule has 1 atom stereocenters. The van der Waals surface area contributed by atoms with Crippen LogP contribution in [-0.2, 0) is 9.84 Å². The second kappa shape index (κ2) is 6.18. The van der Waals surface area contributed by atoms with Crippen molar-refractivity contribution in [3.8, 4) is 0 Å². The standard InChI is InChI=1S/C11H21NO3S/c1-4-7-11(13,8-5-2)10(12)6-9-16(3,14)15/h4-5,10,13H,1-2,6-9,12H2,3H3. The number of hydrogen-bond acceptors (Lipinski definition) is 4. The molecule has 0 bridgehead atoms. The molecule has 0 spiro atoms. The summed E-state index contributed by atoms with van der Waals surface area (Å²) in [5, 5.41) is 10.2. The van der Waals surface area contributed by atoms with Gasteiger partial charge in [-0.3, -0.25) is 0 Å². The molecule has 0 rings (SSSR count). The molecular weight excluding hydrogens is 226 g/mol. The van der Waals surface area contributed by atoms with Crippen molar-refractivity contribution in [2.75, 3.05) is 12.0 Å². The molecule has 0 aliphatic heterocycles. The van der Waals surface area contributed by atoms with E-state index in [4.69, 9.17) is 5.73 Å². The molecular formula is C11H21NO3S. The van der Waals surface area contributed by atoms with E-state index in [2.05, 4.69) is 13.2 Å². The highest BCUT2D eigenvalue weighted by molar-refractivity contribution is 7.90. The van der Waals surface area contributed by atoms with Crippen LogP contribution in [0.5, 0.6) is 0 Å². The van der Waals surface area contributed by atoms with Gasteiger partial charge in [-0.2, -0.15) is 0 Å². The molecule has 4 nitrogen and oxygen atoms in total. The van der Waals surface area contributed by atoms with Crippen LogP contribution in [-0.4, -0.2) is 37.2 Å². The van der Waals surface area contributed by atoms with E-state index in [0.29, 0.717) is 12.8 Å². The maximum absolute atomic E-state index is 11.0. The lowest BCUT2D eigenvalue weighted by Gasteiger charge is -2.32. The summed E-state index contributed by atoms with van der Waals surface area (Å²) in [6.45, 7) is 7.10. The summed E-state index contributed by atoms with van der Waals surface area (Å²) in [5.41, 5.74) is 4.68. The highest BCUT2D eigenvalue weighted by Gasteiger charge is 2.32. The summed E-state index contributed by atoms with van der Waals surface area (Å²) < 4.78 is 22.0. The first kappa shape index (κ1) is 15.3. The average molecular weight is 247 g/mol. The molecule has 0 aromatic heterocycles. The number of hydrogen-bond donors (Lipinski definition) is 2.